The Bertz CT molecular complexity index is 337. The van der Waals surface area contributed by atoms with Crippen LogP contribution in [-0.2, 0) is 0 Å². The number of thioether (sulfide) groups is 1. The van der Waals surface area contributed by atoms with Crippen LogP contribution in [0.1, 0.15) is 18.5 Å². The largest absolute Gasteiger partial charge is 0.446 e. The fourth-order valence-electron chi connectivity index (χ4n) is 1.17. The van der Waals surface area contributed by atoms with Gasteiger partial charge in [0.1, 0.15) is 0 Å². The number of aliphatic hydroxyl groups excluding tert-OH is 1. The van der Waals surface area contributed by atoms with Gasteiger partial charge in [-0.25, -0.2) is 0 Å². The summed E-state index contributed by atoms with van der Waals surface area (Å²) < 4.78 is 36.1. The van der Waals surface area contributed by atoms with E-state index in [9.17, 15) is 18.3 Å². The van der Waals surface area contributed by atoms with Gasteiger partial charge in [0.25, 0.3) is 0 Å². The minimum Gasteiger partial charge on any atom is -0.391 e. The number of hydrogen-bond acceptors (Lipinski definition) is 3. The Labute approximate surface area is 95.6 Å². The molecule has 1 rings (SSSR count). The van der Waals surface area contributed by atoms with Crippen molar-refractivity contribution < 1.29 is 18.3 Å². The van der Waals surface area contributed by atoms with Crippen molar-refractivity contribution in [3.8, 4) is 0 Å². The van der Waals surface area contributed by atoms with E-state index < -0.39 is 17.7 Å². The van der Waals surface area contributed by atoms with Gasteiger partial charge in [0, 0.05) is 4.90 Å². The first-order valence-electron chi connectivity index (χ1n) is 4.59. The Morgan fingerprint density at radius 1 is 1.25 bits per heavy atom. The smallest absolute Gasteiger partial charge is 0.391 e. The standard InChI is InChI=1S/C10H12F3NOS/c1-6(15)9(14)7-2-4-8(5-3-7)16-10(11,12)13/h2-6,9,15H,14H2,1H3/t6?,9-/m0/s1. The number of alkyl halides is 3. The summed E-state index contributed by atoms with van der Waals surface area (Å²) in [5.41, 5.74) is 1.96. The summed E-state index contributed by atoms with van der Waals surface area (Å²) in [6.45, 7) is 1.53. The van der Waals surface area contributed by atoms with Crippen molar-refractivity contribution >= 4 is 11.8 Å². The van der Waals surface area contributed by atoms with Gasteiger partial charge in [0.15, 0.2) is 0 Å². The number of benzene rings is 1. The molecule has 0 radical (unpaired) electrons. The van der Waals surface area contributed by atoms with Crippen LogP contribution in [0.15, 0.2) is 29.2 Å². The Morgan fingerprint density at radius 3 is 2.12 bits per heavy atom. The van der Waals surface area contributed by atoms with Crippen LogP contribution >= 0.6 is 11.8 Å². The van der Waals surface area contributed by atoms with E-state index in [1.54, 1.807) is 0 Å². The Balaban J connectivity index is 2.76. The molecule has 0 saturated carbocycles. The van der Waals surface area contributed by atoms with Crippen molar-refractivity contribution in [1.82, 2.24) is 0 Å². The average molecular weight is 251 g/mol. The molecule has 2 atom stereocenters. The van der Waals surface area contributed by atoms with Crippen LogP contribution in [0.3, 0.4) is 0 Å². The van der Waals surface area contributed by atoms with Crippen LogP contribution < -0.4 is 5.73 Å². The molecule has 0 aromatic heterocycles. The number of halogens is 3. The maximum atomic E-state index is 12.0. The normalized spacial score (nSPS) is 15.9. The lowest BCUT2D eigenvalue weighted by atomic mass is 10.0. The van der Waals surface area contributed by atoms with Crippen LogP contribution in [-0.4, -0.2) is 16.7 Å². The monoisotopic (exact) mass is 251 g/mol. The van der Waals surface area contributed by atoms with E-state index in [1.165, 1.54) is 31.2 Å². The highest BCUT2D eigenvalue weighted by Crippen LogP contribution is 2.36. The summed E-state index contributed by atoms with van der Waals surface area (Å²) >= 11 is -0.174. The van der Waals surface area contributed by atoms with Gasteiger partial charge in [-0.2, -0.15) is 13.2 Å². The van der Waals surface area contributed by atoms with Gasteiger partial charge in [-0.3, -0.25) is 0 Å². The number of aliphatic hydroxyl groups is 1. The average Bonchev–Trinajstić information content (AvgIpc) is 2.15. The zero-order chi connectivity index (χ0) is 12.3. The molecule has 0 saturated heterocycles. The highest BCUT2D eigenvalue weighted by atomic mass is 32.2. The predicted octanol–water partition coefficient (Wildman–Crippen LogP) is 2.68. The van der Waals surface area contributed by atoms with Gasteiger partial charge in [-0.1, -0.05) is 12.1 Å². The van der Waals surface area contributed by atoms with Crippen molar-refractivity contribution in [2.24, 2.45) is 5.73 Å². The molecule has 6 heteroatoms. The first-order chi connectivity index (χ1) is 7.29. The number of rotatable bonds is 3. The second-order valence-electron chi connectivity index (χ2n) is 3.38. The lowest BCUT2D eigenvalue weighted by Gasteiger charge is -2.15. The van der Waals surface area contributed by atoms with Gasteiger partial charge in [-0.05, 0) is 36.4 Å². The predicted molar refractivity (Wildman–Crippen MR) is 57.0 cm³/mol. The fraction of sp³-hybridized carbons (Fsp3) is 0.400. The zero-order valence-corrected chi connectivity index (χ0v) is 9.35. The fourth-order valence-corrected chi connectivity index (χ4v) is 1.71. The second-order valence-corrected chi connectivity index (χ2v) is 4.52. The zero-order valence-electron chi connectivity index (χ0n) is 8.53. The van der Waals surface area contributed by atoms with Crippen molar-refractivity contribution in [3.63, 3.8) is 0 Å². The van der Waals surface area contributed by atoms with Gasteiger partial charge in [-0.15, -0.1) is 0 Å². The van der Waals surface area contributed by atoms with E-state index in [-0.39, 0.29) is 16.7 Å². The number of hydrogen-bond donors (Lipinski definition) is 2. The van der Waals surface area contributed by atoms with Gasteiger partial charge >= 0.3 is 5.51 Å². The molecule has 0 bridgehead atoms. The molecule has 0 spiro atoms. The van der Waals surface area contributed by atoms with E-state index in [2.05, 4.69) is 0 Å². The van der Waals surface area contributed by atoms with Crippen LogP contribution in [0.4, 0.5) is 13.2 Å². The summed E-state index contributed by atoms with van der Waals surface area (Å²) in [6, 6.07) is 5.09. The van der Waals surface area contributed by atoms with E-state index in [0.29, 0.717) is 5.56 Å². The Kier molecular flexibility index (Phi) is 4.23. The first-order valence-corrected chi connectivity index (χ1v) is 5.40. The summed E-state index contributed by atoms with van der Waals surface area (Å²) in [5.74, 6) is 0. The quantitative estimate of drug-likeness (QED) is 0.812. The molecule has 2 nitrogen and oxygen atoms in total. The van der Waals surface area contributed by atoms with Gasteiger partial charge in [0.05, 0.1) is 12.1 Å². The maximum absolute atomic E-state index is 12.0. The van der Waals surface area contributed by atoms with E-state index in [1.807, 2.05) is 0 Å². The molecular weight excluding hydrogens is 239 g/mol. The summed E-state index contributed by atoms with van der Waals surface area (Å²) in [7, 11) is 0. The highest BCUT2D eigenvalue weighted by Gasteiger charge is 2.29. The van der Waals surface area contributed by atoms with Crippen molar-refractivity contribution in [2.75, 3.05) is 0 Å². The molecule has 90 valence electrons. The second kappa shape index (κ2) is 5.07. The highest BCUT2D eigenvalue weighted by molar-refractivity contribution is 8.00. The Morgan fingerprint density at radius 2 is 1.75 bits per heavy atom. The molecule has 0 fully saturated rings. The van der Waals surface area contributed by atoms with E-state index in [4.69, 9.17) is 5.73 Å². The number of nitrogens with two attached hydrogens (primary N) is 1. The summed E-state index contributed by atoms with van der Waals surface area (Å²) in [6.07, 6.45) is -0.735. The lowest BCUT2D eigenvalue weighted by molar-refractivity contribution is -0.0328. The van der Waals surface area contributed by atoms with Crippen LogP contribution in [0.2, 0.25) is 0 Å². The summed E-state index contributed by atoms with van der Waals surface area (Å²) in [4.78, 5) is 0.106. The molecule has 0 amide bonds. The van der Waals surface area contributed by atoms with Gasteiger partial charge < -0.3 is 10.8 Å². The molecule has 0 aliphatic carbocycles. The molecule has 0 aliphatic heterocycles. The maximum Gasteiger partial charge on any atom is 0.446 e. The Hall–Kier alpha value is -0.720. The molecular formula is C10H12F3NOS. The summed E-state index contributed by atoms with van der Waals surface area (Å²) in [5, 5.41) is 9.22. The molecule has 1 aromatic carbocycles. The minimum atomic E-state index is -4.28. The molecule has 0 aliphatic rings. The topological polar surface area (TPSA) is 46.2 Å². The van der Waals surface area contributed by atoms with Crippen LogP contribution in [0, 0.1) is 0 Å². The SMILES string of the molecule is CC(O)[C@H](N)c1ccc(SC(F)(F)F)cc1. The third-order valence-electron chi connectivity index (χ3n) is 2.02. The van der Waals surface area contributed by atoms with E-state index in [0.717, 1.165) is 0 Å². The molecule has 1 aromatic rings. The third-order valence-corrected chi connectivity index (χ3v) is 2.76. The van der Waals surface area contributed by atoms with E-state index >= 15 is 0 Å². The van der Waals surface area contributed by atoms with Crippen LogP contribution in [0.25, 0.3) is 0 Å². The lowest BCUT2D eigenvalue weighted by Crippen LogP contribution is -2.22. The van der Waals surface area contributed by atoms with Crippen molar-refractivity contribution in [1.29, 1.82) is 0 Å². The van der Waals surface area contributed by atoms with Crippen molar-refractivity contribution in [2.45, 2.75) is 29.5 Å². The van der Waals surface area contributed by atoms with Crippen molar-refractivity contribution in [3.05, 3.63) is 29.8 Å². The van der Waals surface area contributed by atoms with Gasteiger partial charge in [0.2, 0.25) is 0 Å². The first kappa shape index (κ1) is 13.3. The van der Waals surface area contributed by atoms with Crippen LogP contribution in [0.5, 0.6) is 0 Å². The molecule has 1 unspecified atom stereocenters. The molecule has 3 N–H and O–H groups in total. The minimum absolute atomic E-state index is 0.106. The third kappa shape index (κ3) is 4.03. The molecule has 16 heavy (non-hydrogen) atoms. The molecule has 0 heterocycles.